The normalized spacial score (nSPS) is 15.0. The van der Waals surface area contributed by atoms with Gasteiger partial charge in [-0.3, -0.25) is 0 Å². The fourth-order valence-corrected chi connectivity index (χ4v) is 1.93. The van der Waals surface area contributed by atoms with Gasteiger partial charge in [0.1, 0.15) is 11.6 Å². The second kappa shape index (κ2) is 8.51. The van der Waals surface area contributed by atoms with Crippen LogP contribution in [-0.2, 0) is 0 Å². The first-order valence-electron chi connectivity index (χ1n) is 5.90. The Kier molecular flexibility index (Phi) is 8.13. The lowest BCUT2D eigenvalue weighted by Crippen LogP contribution is -2.43. The summed E-state index contributed by atoms with van der Waals surface area (Å²) in [6.45, 7) is 1.34. The number of benzene rings is 1. The molecule has 1 aromatic rings. The lowest BCUT2D eigenvalue weighted by atomic mass is 10.2. The predicted octanol–water partition coefficient (Wildman–Crippen LogP) is 3.02. The summed E-state index contributed by atoms with van der Waals surface area (Å²) in [5.41, 5.74) is 0.493. The standard InChI is InChI=1S/C12H14F4N2O.2ClH/c13-9-1-2-10(18-5-3-17-4-6-18)11(7-9)19-8-12(14,15)16;;/h1-2,7,17H,3-6,8H2;2*1H. The molecule has 0 amide bonds. The third kappa shape index (κ3) is 6.15. The molecule has 1 heterocycles. The van der Waals surface area contributed by atoms with Crippen molar-refractivity contribution in [3.63, 3.8) is 0 Å². The molecule has 0 aliphatic carbocycles. The van der Waals surface area contributed by atoms with Crippen LogP contribution in [0.25, 0.3) is 0 Å². The van der Waals surface area contributed by atoms with Crippen LogP contribution in [0.1, 0.15) is 0 Å². The van der Waals surface area contributed by atoms with E-state index in [4.69, 9.17) is 4.74 Å². The summed E-state index contributed by atoms with van der Waals surface area (Å²) in [5, 5.41) is 3.14. The Bertz CT molecular complexity index is 440. The maximum absolute atomic E-state index is 13.1. The van der Waals surface area contributed by atoms with Gasteiger partial charge >= 0.3 is 6.18 Å². The van der Waals surface area contributed by atoms with E-state index in [-0.39, 0.29) is 30.6 Å². The molecule has 0 unspecified atom stereocenters. The fourth-order valence-electron chi connectivity index (χ4n) is 1.93. The van der Waals surface area contributed by atoms with Gasteiger partial charge in [0.05, 0.1) is 5.69 Å². The highest BCUT2D eigenvalue weighted by atomic mass is 35.5. The van der Waals surface area contributed by atoms with Crippen molar-refractivity contribution in [3.05, 3.63) is 24.0 Å². The first-order valence-corrected chi connectivity index (χ1v) is 5.90. The quantitative estimate of drug-likeness (QED) is 0.848. The average molecular weight is 351 g/mol. The minimum Gasteiger partial charge on any atom is -0.482 e. The Hall–Kier alpha value is -0.920. The molecule has 0 spiro atoms. The number of ether oxygens (including phenoxy) is 1. The van der Waals surface area contributed by atoms with E-state index in [0.717, 1.165) is 19.2 Å². The molecule has 2 rings (SSSR count). The third-order valence-corrected chi connectivity index (χ3v) is 2.77. The molecule has 0 bridgehead atoms. The van der Waals surface area contributed by atoms with Crippen LogP contribution in [0.5, 0.6) is 5.75 Å². The number of rotatable bonds is 3. The van der Waals surface area contributed by atoms with Gasteiger partial charge in [-0.2, -0.15) is 13.2 Å². The van der Waals surface area contributed by atoms with Crippen molar-refractivity contribution in [1.29, 1.82) is 0 Å². The van der Waals surface area contributed by atoms with Gasteiger partial charge < -0.3 is 15.0 Å². The smallest absolute Gasteiger partial charge is 0.422 e. The monoisotopic (exact) mass is 350 g/mol. The Balaban J connectivity index is 0.00000200. The van der Waals surface area contributed by atoms with Gasteiger partial charge in [0.25, 0.3) is 0 Å². The van der Waals surface area contributed by atoms with E-state index >= 15 is 0 Å². The summed E-state index contributed by atoms with van der Waals surface area (Å²) >= 11 is 0. The van der Waals surface area contributed by atoms with Crippen LogP contribution in [0.2, 0.25) is 0 Å². The van der Waals surface area contributed by atoms with Crippen LogP contribution in [0.15, 0.2) is 18.2 Å². The second-order valence-corrected chi connectivity index (χ2v) is 4.25. The average Bonchev–Trinajstić information content (AvgIpc) is 2.37. The van der Waals surface area contributed by atoms with Crippen LogP contribution in [0.4, 0.5) is 23.2 Å². The number of anilines is 1. The predicted molar refractivity (Wildman–Crippen MR) is 77.5 cm³/mol. The Morgan fingerprint density at radius 1 is 1.14 bits per heavy atom. The molecule has 1 aromatic carbocycles. The summed E-state index contributed by atoms with van der Waals surface area (Å²) in [4.78, 5) is 1.88. The lowest BCUT2D eigenvalue weighted by molar-refractivity contribution is -0.153. The largest absolute Gasteiger partial charge is 0.482 e. The maximum atomic E-state index is 13.1. The Labute approximate surface area is 132 Å². The number of nitrogens with one attached hydrogen (secondary N) is 1. The highest BCUT2D eigenvalue weighted by Crippen LogP contribution is 2.31. The molecule has 21 heavy (non-hydrogen) atoms. The van der Waals surface area contributed by atoms with Gasteiger partial charge in [-0.05, 0) is 12.1 Å². The highest BCUT2D eigenvalue weighted by molar-refractivity contribution is 5.85. The number of hydrogen-bond acceptors (Lipinski definition) is 3. The van der Waals surface area contributed by atoms with E-state index in [2.05, 4.69) is 5.32 Å². The lowest BCUT2D eigenvalue weighted by Gasteiger charge is -2.30. The molecule has 122 valence electrons. The van der Waals surface area contributed by atoms with Gasteiger partial charge in [0.2, 0.25) is 0 Å². The Morgan fingerprint density at radius 2 is 1.76 bits per heavy atom. The number of nitrogens with zero attached hydrogens (tertiary/aromatic N) is 1. The van der Waals surface area contributed by atoms with E-state index in [1.807, 2.05) is 4.90 Å². The third-order valence-electron chi connectivity index (χ3n) is 2.77. The molecule has 1 fully saturated rings. The molecule has 0 radical (unpaired) electrons. The van der Waals surface area contributed by atoms with E-state index in [1.54, 1.807) is 0 Å². The maximum Gasteiger partial charge on any atom is 0.422 e. The van der Waals surface area contributed by atoms with Gasteiger partial charge in [-0.1, -0.05) is 0 Å². The molecule has 0 saturated carbocycles. The summed E-state index contributed by atoms with van der Waals surface area (Å²) in [7, 11) is 0. The SMILES string of the molecule is Cl.Cl.Fc1ccc(N2CCNCC2)c(OCC(F)(F)F)c1. The molecule has 9 heteroatoms. The van der Waals surface area contributed by atoms with Gasteiger partial charge in [0, 0.05) is 32.2 Å². The van der Waals surface area contributed by atoms with Gasteiger partial charge in [-0.25, -0.2) is 4.39 Å². The van der Waals surface area contributed by atoms with E-state index in [0.29, 0.717) is 18.8 Å². The van der Waals surface area contributed by atoms with Crippen LogP contribution in [0.3, 0.4) is 0 Å². The van der Waals surface area contributed by atoms with Crippen LogP contribution in [0, 0.1) is 5.82 Å². The molecule has 0 aromatic heterocycles. The molecule has 0 atom stereocenters. The number of hydrogen-bond donors (Lipinski definition) is 1. The van der Waals surface area contributed by atoms with Gasteiger partial charge in [0.15, 0.2) is 6.61 Å². The van der Waals surface area contributed by atoms with Crippen molar-refractivity contribution in [2.24, 2.45) is 0 Å². The van der Waals surface area contributed by atoms with Crippen LogP contribution >= 0.6 is 24.8 Å². The first-order chi connectivity index (χ1) is 8.96. The molecule has 1 aliphatic rings. The van der Waals surface area contributed by atoms with Crippen molar-refractivity contribution in [2.75, 3.05) is 37.7 Å². The topological polar surface area (TPSA) is 24.5 Å². The first kappa shape index (κ1) is 20.1. The van der Waals surface area contributed by atoms with Crippen molar-refractivity contribution in [1.82, 2.24) is 5.32 Å². The summed E-state index contributed by atoms with van der Waals surface area (Å²) < 4.78 is 54.4. The van der Waals surface area contributed by atoms with Crippen LogP contribution in [-0.4, -0.2) is 39.0 Å². The fraction of sp³-hybridized carbons (Fsp3) is 0.500. The zero-order chi connectivity index (χ0) is 13.9. The molecule has 1 N–H and O–H groups in total. The van der Waals surface area contributed by atoms with Gasteiger partial charge in [-0.15, -0.1) is 24.8 Å². The number of piperazine rings is 1. The summed E-state index contributed by atoms with van der Waals surface area (Å²) in [6, 6.07) is 3.66. The molecule has 1 aliphatic heterocycles. The van der Waals surface area contributed by atoms with Crippen molar-refractivity contribution in [3.8, 4) is 5.75 Å². The van der Waals surface area contributed by atoms with E-state index in [9.17, 15) is 17.6 Å². The van der Waals surface area contributed by atoms with Crippen molar-refractivity contribution < 1.29 is 22.3 Å². The minimum absolute atomic E-state index is 0. The van der Waals surface area contributed by atoms with Crippen LogP contribution < -0.4 is 15.0 Å². The number of alkyl halides is 3. The zero-order valence-corrected chi connectivity index (χ0v) is 12.6. The summed E-state index contributed by atoms with van der Waals surface area (Å²) in [6.07, 6.45) is -4.44. The van der Waals surface area contributed by atoms with Crippen molar-refractivity contribution >= 4 is 30.5 Å². The highest BCUT2D eigenvalue weighted by Gasteiger charge is 2.29. The van der Waals surface area contributed by atoms with E-state index < -0.39 is 18.6 Å². The zero-order valence-electron chi connectivity index (χ0n) is 11.0. The molecular weight excluding hydrogens is 335 g/mol. The molecule has 3 nitrogen and oxygen atoms in total. The van der Waals surface area contributed by atoms with E-state index in [1.165, 1.54) is 12.1 Å². The Morgan fingerprint density at radius 3 is 2.33 bits per heavy atom. The van der Waals surface area contributed by atoms with Crippen molar-refractivity contribution in [2.45, 2.75) is 6.18 Å². The number of halogens is 6. The summed E-state index contributed by atoms with van der Waals surface area (Å²) in [5.74, 6) is -0.685. The minimum atomic E-state index is -4.44. The molecular formula is C12H16Cl2F4N2O. The molecule has 1 saturated heterocycles. The second-order valence-electron chi connectivity index (χ2n) is 4.25.